The van der Waals surface area contributed by atoms with Crippen LogP contribution in [0.2, 0.25) is 0 Å². The topological polar surface area (TPSA) is 40.1 Å². The Kier molecular flexibility index (Phi) is 9.43. The molecule has 136 valence electrons. The summed E-state index contributed by atoms with van der Waals surface area (Å²) in [6.07, 6.45) is 1.28. The maximum atomic E-state index is 5.20. The number of likely N-dealkylation sites (tertiary alicyclic amines) is 1. The summed E-state index contributed by atoms with van der Waals surface area (Å²) in [4.78, 5) is 9.08. The van der Waals surface area contributed by atoms with Gasteiger partial charge in [0, 0.05) is 33.7 Å². The molecule has 0 aromatic heterocycles. The number of nitrogens with one attached hydrogen (secondary N) is 1. The van der Waals surface area contributed by atoms with Gasteiger partial charge in [0.2, 0.25) is 0 Å². The van der Waals surface area contributed by atoms with Gasteiger partial charge in [0.1, 0.15) is 5.75 Å². The second kappa shape index (κ2) is 10.8. The van der Waals surface area contributed by atoms with Crippen LogP contribution in [0, 0.1) is 5.92 Å². The Hall–Kier alpha value is -1.02. The Morgan fingerprint density at radius 1 is 1.38 bits per heavy atom. The van der Waals surface area contributed by atoms with E-state index in [1.54, 1.807) is 7.11 Å². The second-order valence-electron chi connectivity index (χ2n) is 6.18. The summed E-state index contributed by atoms with van der Waals surface area (Å²) in [5.41, 5.74) is 1.24. The fourth-order valence-electron chi connectivity index (χ4n) is 3.07. The first-order valence-corrected chi connectivity index (χ1v) is 8.43. The SMILES string of the molecule is CCN1CCC(CNC(=NC)N(C)Cc2ccc(OC)cc2)C1.I. The lowest BCUT2D eigenvalue weighted by Crippen LogP contribution is -2.41. The molecule has 1 unspecified atom stereocenters. The van der Waals surface area contributed by atoms with E-state index in [0.29, 0.717) is 0 Å². The van der Waals surface area contributed by atoms with Gasteiger partial charge in [-0.2, -0.15) is 0 Å². The van der Waals surface area contributed by atoms with Crippen molar-refractivity contribution in [2.75, 3.05) is 47.4 Å². The molecule has 1 saturated heterocycles. The molecule has 0 bridgehead atoms. The van der Waals surface area contributed by atoms with Crippen molar-refractivity contribution >= 4 is 29.9 Å². The minimum absolute atomic E-state index is 0. The average molecular weight is 446 g/mol. The summed E-state index contributed by atoms with van der Waals surface area (Å²) in [5, 5.41) is 3.52. The van der Waals surface area contributed by atoms with Crippen LogP contribution in [0.15, 0.2) is 29.3 Å². The van der Waals surface area contributed by atoms with Crippen LogP contribution in [0.3, 0.4) is 0 Å². The highest BCUT2D eigenvalue weighted by atomic mass is 127. The van der Waals surface area contributed by atoms with Crippen molar-refractivity contribution in [3.63, 3.8) is 0 Å². The Labute approximate surface area is 163 Å². The highest BCUT2D eigenvalue weighted by Crippen LogP contribution is 2.15. The molecular formula is C18H31IN4O. The first-order chi connectivity index (χ1) is 11.2. The van der Waals surface area contributed by atoms with E-state index in [1.165, 1.54) is 25.1 Å². The molecule has 6 heteroatoms. The van der Waals surface area contributed by atoms with E-state index in [1.807, 2.05) is 19.2 Å². The molecule has 1 aromatic rings. The van der Waals surface area contributed by atoms with E-state index in [2.05, 4.69) is 46.2 Å². The van der Waals surface area contributed by atoms with E-state index >= 15 is 0 Å². The van der Waals surface area contributed by atoms with Crippen LogP contribution in [0.5, 0.6) is 5.75 Å². The zero-order valence-electron chi connectivity index (χ0n) is 15.3. The Balaban J connectivity index is 0.00000288. The van der Waals surface area contributed by atoms with Gasteiger partial charge in [-0.1, -0.05) is 19.1 Å². The van der Waals surface area contributed by atoms with E-state index in [4.69, 9.17) is 4.74 Å². The van der Waals surface area contributed by atoms with Crippen molar-refractivity contribution in [3.05, 3.63) is 29.8 Å². The molecule has 1 atom stereocenters. The van der Waals surface area contributed by atoms with Gasteiger partial charge in [-0.15, -0.1) is 24.0 Å². The number of guanidine groups is 1. The smallest absolute Gasteiger partial charge is 0.193 e. The van der Waals surface area contributed by atoms with E-state index < -0.39 is 0 Å². The molecule has 1 aromatic carbocycles. The molecule has 24 heavy (non-hydrogen) atoms. The molecule has 0 saturated carbocycles. The second-order valence-corrected chi connectivity index (χ2v) is 6.18. The number of benzene rings is 1. The Morgan fingerprint density at radius 3 is 2.62 bits per heavy atom. The van der Waals surface area contributed by atoms with E-state index in [0.717, 1.165) is 37.3 Å². The largest absolute Gasteiger partial charge is 0.497 e. The lowest BCUT2D eigenvalue weighted by atomic mass is 10.1. The maximum absolute atomic E-state index is 5.20. The summed E-state index contributed by atoms with van der Waals surface area (Å²) in [5.74, 6) is 2.57. The van der Waals surface area contributed by atoms with Crippen molar-refractivity contribution < 1.29 is 4.74 Å². The third kappa shape index (κ3) is 6.12. The zero-order chi connectivity index (χ0) is 16.7. The summed E-state index contributed by atoms with van der Waals surface area (Å²) >= 11 is 0. The lowest BCUT2D eigenvalue weighted by molar-refractivity contribution is 0.340. The Bertz CT molecular complexity index is 506. The molecule has 1 aliphatic rings. The summed E-state index contributed by atoms with van der Waals surface area (Å²) in [6, 6.07) is 8.19. The van der Waals surface area contributed by atoms with Gasteiger partial charge in [-0.25, -0.2) is 0 Å². The van der Waals surface area contributed by atoms with Gasteiger partial charge in [0.05, 0.1) is 7.11 Å². The van der Waals surface area contributed by atoms with Crippen molar-refractivity contribution in [1.29, 1.82) is 0 Å². The molecule has 5 nitrogen and oxygen atoms in total. The van der Waals surface area contributed by atoms with Crippen LogP contribution < -0.4 is 10.1 Å². The summed E-state index contributed by atoms with van der Waals surface area (Å²) in [6.45, 7) is 7.64. The molecule has 0 radical (unpaired) electrons. The van der Waals surface area contributed by atoms with Crippen LogP contribution in [-0.4, -0.2) is 63.1 Å². The fraction of sp³-hybridized carbons (Fsp3) is 0.611. The van der Waals surface area contributed by atoms with Crippen LogP contribution in [-0.2, 0) is 6.54 Å². The third-order valence-electron chi connectivity index (χ3n) is 4.52. The van der Waals surface area contributed by atoms with Crippen molar-refractivity contribution in [2.45, 2.75) is 19.9 Å². The van der Waals surface area contributed by atoms with Gasteiger partial charge in [-0.05, 0) is 43.1 Å². The number of methoxy groups -OCH3 is 1. The monoisotopic (exact) mass is 446 g/mol. The number of nitrogens with zero attached hydrogens (tertiary/aromatic N) is 3. The Morgan fingerprint density at radius 2 is 2.08 bits per heavy atom. The molecule has 2 rings (SSSR count). The lowest BCUT2D eigenvalue weighted by Gasteiger charge is -2.23. The van der Waals surface area contributed by atoms with Crippen molar-refractivity contribution in [1.82, 2.24) is 15.1 Å². The highest BCUT2D eigenvalue weighted by Gasteiger charge is 2.21. The molecule has 0 amide bonds. The van der Waals surface area contributed by atoms with Crippen molar-refractivity contribution in [3.8, 4) is 5.75 Å². The molecule has 1 N–H and O–H groups in total. The minimum atomic E-state index is 0. The number of ether oxygens (including phenoxy) is 1. The number of aliphatic imine (C=N–C) groups is 1. The molecule has 1 aliphatic heterocycles. The van der Waals surface area contributed by atoms with Gasteiger partial charge in [0.25, 0.3) is 0 Å². The normalized spacial score (nSPS) is 18.2. The van der Waals surface area contributed by atoms with Gasteiger partial charge in [0.15, 0.2) is 5.96 Å². The maximum Gasteiger partial charge on any atom is 0.193 e. The van der Waals surface area contributed by atoms with Crippen LogP contribution in [0.25, 0.3) is 0 Å². The molecule has 0 spiro atoms. The van der Waals surface area contributed by atoms with Crippen LogP contribution >= 0.6 is 24.0 Å². The molecule has 0 aliphatic carbocycles. The first-order valence-electron chi connectivity index (χ1n) is 8.43. The van der Waals surface area contributed by atoms with Gasteiger partial charge >= 0.3 is 0 Å². The number of hydrogen-bond donors (Lipinski definition) is 1. The highest BCUT2D eigenvalue weighted by molar-refractivity contribution is 14.0. The fourth-order valence-corrected chi connectivity index (χ4v) is 3.07. The van der Waals surface area contributed by atoms with Gasteiger partial charge in [-0.3, -0.25) is 4.99 Å². The van der Waals surface area contributed by atoms with Crippen LogP contribution in [0.1, 0.15) is 18.9 Å². The number of rotatable bonds is 6. The average Bonchev–Trinajstić information content (AvgIpc) is 3.04. The number of hydrogen-bond acceptors (Lipinski definition) is 3. The standard InChI is InChI=1S/C18H30N4O.HI/c1-5-22-11-10-16(14-22)12-20-18(19-2)21(3)13-15-6-8-17(23-4)9-7-15;/h6-9,16H,5,10-14H2,1-4H3,(H,19,20);1H. The van der Waals surface area contributed by atoms with E-state index in [-0.39, 0.29) is 24.0 Å². The molecule has 1 heterocycles. The predicted molar refractivity (Wildman–Crippen MR) is 111 cm³/mol. The summed E-state index contributed by atoms with van der Waals surface area (Å²) in [7, 11) is 5.61. The van der Waals surface area contributed by atoms with E-state index in [9.17, 15) is 0 Å². The molecule has 1 fully saturated rings. The number of halogens is 1. The van der Waals surface area contributed by atoms with Crippen LogP contribution in [0.4, 0.5) is 0 Å². The molecular weight excluding hydrogens is 415 g/mol. The minimum Gasteiger partial charge on any atom is -0.497 e. The third-order valence-corrected chi connectivity index (χ3v) is 4.52. The zero-order valence-corrected chi connectivity index (χ0v) is 17.6. The van der Waals surface area contributed by atoms with Crippen molar-refractivity contribution in [2.24, 2.45) is 10.9 Å². The summed E-state index contributed by atoms with van der Waals surface area (Å²) < 4.78 is 5.20. The predicted octanol–water partition coefficient (Wildman–Crippen LogP) is 2.66. The first kappa shape index (κ1) is 21.0. The van der Waals surface area contributed by atoms with Gasteiger partial charge < -0.3 is 19.9 Å². The quantitative estimate of drug-likeness (QED) is 0.415.